The van der Waals surface area contributed by atoms with Crippen molar-refractivity contribution >= 4 is 17.5 Å². The van der Waals surface area contributed by atoms with E-state index < -0.39 is 0 Å². The van der Waals surface area contributed by atoms with Gasteiger partial charge in [0.05, 0.1) is 5.02 Å². The Bertz CT molecular complexity index is 680. The normalized spacial score (nSPS) is 15.9. The smallest absolute Gasteiger partial charge is 0.251 e. The van der Waals surface area contributed by atoms with Crippen LogP contribution in [0.2, 0.25) is 5.02 Å². The number of amides is 1. The third kappa shape index (κ3) is 4.46. The number of aromatic nitrogens is 1. The Balaban J connectivity index is 1.57. The fourth-order valence-electron chi connectivity index (χ4n) is 2.64. The SMILES string of the molecule is CN1CCC(NC(=O)c2ccc(Oc3ccc(Cl)cn3)cc2)CC1. The summed E-state index contributed by atoms with van der Waals surface area (Å²) in [5.41, 5.74) is 0.630. The number of carbonyl (C=O) groups excluding carboxylic acids is 1. The zero-order chi connectivity index (χ0) is 16.9. The Morgan fingerprint density at radius 1 is 1.21 bits per heavy atom. The van der Waals surface area contributed by atoms with E-state index in [1.54, 1.807) is 36.4 Å². The monoisotopic (exact) mass is 345 g/mol. The average Bonchev–Trinajstić information content (AvgIpc) is 2.59. The fourth-order valence-corrected chi connectivity index (χ4v) is 2.75. The molecule has 0 aliphatic carbocycles. The van der Waals surface area contributed by atoms with Gasteiger partial charge >= 0.3 is 0 Å². The second-order valence-electron chi connectivity index (χ2n) is 5.99. The number of likely N-dealkylation sites (tertiary alicyclic amines) is 1. The van der Waals surface area contributed by atoms with Gasteiger partial charge in [0.25, 0.3) is 5.91 Å². The summed E-state index contributed by atoms with van der Waals surface area (Å²) >= 11 is 5.79. The number of pyridine rings is 1. The summed E-state index contributed by atoms with van der Waals surface area (Å²) in [4.78, 5) is 18.7. The van der Waals surface area contributed by atoms with Crippen LogP contribution in [-0.2, 0) is 0 Å². The number of nitrogens with one attached hydrogen (secondary N) is 1. The minimum absolute atomic E-state index is 0.0410. The molecular weight excluding hydrogens is 326 g/mol. The van der Waals surface area contributed by atoms with E-state index in [9.17, 15) is 4.79 Å². The van der Waals surface area contributed by atoms with E-state index >= 15 is 0 Å². The summed E-state index contributed by atoms with van der Waals surface area (Å²) in [5, 5.41) is 3.66. The Kier molecular flexibility index (Phi) is 5.33. The summed E-state index contributed by atoms with van der Waals surface area (Å²) < 4.78 is 5.62. The van der Waals surface area contributed by atoms with Crippen molar-refractivity contribution < 1.29 is 9.53 Å². The Labute approximate surface area is 146 Å². The molecule has 3 rings (SSSR count). The van der Waals surface area contributed by atoms with Crippen molar-refractivity contribution in [1.82, 2.24) is 15.2 Å². The van der Waals surface area contributed by atoms with Gasteiger partial charge in [-0.05, 0) is 63.3 Å². The number of benzene rings is 1. The first-order chi connectivity index (χ1) is 11.6. The van der Waals surface area contributed by atoms with Gasteiger partial charge in [-0.25, -0.2) is 4.98 Å². The number of ether oxygens (including phenoxy) is 1. The van der Waals surface area contributed by atoms with E-state index in [0.29, 0.717) is 22.2 Å². The Morgan fingerprint density at radius 3 is 2.54 bits per heavy atom. The van der Waals surface area contributed by atoms with Gasteiger partial charge in [0.15, 0.2) is 0 Å². The molecule has 1 amide bonds. The van der Waals surface area contributed by atoms with Crippen LogP contribution in [0.15, 0.2) is 42.6 Å². The van der Waals surface area contributed by atoms with Gasteiger partial charge in [-0.15, -0.1) is 0 Å². The molecule has 24 heavy (non-hydrogen) atoms. The first-order valence-corrected chi connectivity index (χ1v) is 8.37. The van der Waals surface area contributed by atoms with Crippen LogP contribution in [-0.4, -0.2) is 42.0 Å². The van der Waals surface area contributed by atoms with Gasteiger partial charge in [0, 0.05) is 23.9 Å². The standard InChI is InChI=1S/C18H20ClN3O2/c1-22-10-8-15(9-11-22)21-18(23)13-2-5-16(6-3-13)24-17-7-4-14(19)12-20-17/h2-7,12,15H,8-11H2,1H3,(H,21,23). The van der Waals surface area contributed by atoms with E-state index in [4.69, 9.17) is 16.3 Å². The molecule has 0 radical (unpaired) electrons. The van der Waals surface area contributed by atoms with Crippen molar-refractivity contribution in [1.29, 1.82) is 0 Å². The van der Waals surface area contributed by atoms with E-state index in [0.717, 1.165) is 25.9 Å². The number of halogens is 1. The van der Waals surface area contributed by atoms with Crippen LogP contribution in [0.4, 0.5) is 0 Å². The van der Waals surface area contributed by atoms with Crippen molar-refractivity contribution in [3.63, 3.8) is 0 Å². The average molecular weight is 346 g/mol. The van der Waals surface area contributed by atoms with Crippen molar-refractivity contribution in [2.24, 2.45) is 0 Å². The molecule has 0 bridgehead atoms. The lowest BCUT2D eigenvalue weighted by Crippen LogP contribution is -2.43. The molecule has 1 aliphatic rings. The van der Waals surface area contributed by atoms with E-state index in [2.05, 4.69) is 22.2 Å². The number of piperidine rings is 1. The maximum absolute atomic E-state index is 12.3. The van der Waals surface area contributed by atoms with Crippen LogP contribution in [0.1, 0.15) is 23.2 Å². The molecule has 0 spiro atoms. The van der Waals surface area contributed by atoms with Crippen LogP contribution in [0.25, 0.3) is 0 Å². The van der Waals surface area contributed by atoms with Crippen molar-refractivity contribution in [3.05, 3.63) is 53.2 Å². The third-order valence-electron chi connectivity index (χ3n) is 4.09. The largest absolute Gasteiger partial charge is 0.439 e. The maximum Gasteiger partial charge on any atom is 0.251 e. The number of hydrogen-bond donors (Lipinski definition) is 1. The minimum Gasteiger partial charge on any atom is -0.439 e. The summed E-state index contributed by atoms with van der Waals surface area (Å²) in [5.74, 6) is 1.05. The molecule has 6 heteroatoms. The predicted molar refractivity (Wildman–Crippen MR) is 93.7 cm³/mol. The van der Waals surface area contributed by atoms with E-state index in [1.807, 2.05) is 0 Å². The molecule has 2 aromatic rings. The van der Waals surface area contributed by atoms with Crippen LogP contribution in [0.5, 0.6) is 11.6 Å². The molecule has 1 N–H and O–H groups in total. The second-order valence-corrected chi connectivity index (χ2v) is 6.43. The van der Waals surface area contributed by atoms with Crippen LogP contribution >= 0.6 is 11.6 Å². The van der Waals surface area contributed by atoms with E-state index in [1.165, 1.54) is 6.20 Å². The number of carbonyl (C=O) groups is 1. The quantitative estimate of drug-likeness (QED) is 0.923. The van der Waals surface area contributed by atoms with Gasteiger partial charge in [-0.1, -0.05) is 11.6 Å². The van der Waals surface area contributed by atoms with Gasteiger partial charge in [-0.2, -0.15) is 0 Å². The van der Waals surface area contributed by atoms with Crippen molar-refractivity contribution in [2.45, 2.75) is 18.9 Å². The minimum atomic E-state index is -0.0410. The van der Waals surface area contributed by atoms with Crippen molar-refractivity contribution in [2.75, 3.05) is 20.1 Å². The van der Waals surface area contributed by atoms with Gasteiger partial charge in [0.2, 0.25) is 5.88 Å². The van der Waals surface area contributed by atoms with Crippen LogP contribution in [0.3, 0.4) is 0 Å². The Hall–Kier alpha value is -2.11. The molecule has 0 unspecified atom stereocenters. The van der Waals surface area contributed by atoms with Gasteiger partial charge < -0.3 is 15.0 Å². The first kappa shape index (κ1) is 16.7. The van der Waals surface area contributed by atoms with Crippen molar-refractivity contribution in [3.8, 4) is 11.6 Å². The zero-order valence-electron chi connectivity index (χ0n) is 13.5. The van der Waals surface area contributed by atoms with Crippen LogP contribution in [0, 0.1) is 0 Å². The fraction of sp³-hybridized carbons (Fsp3) is 0.333. The number of hydrogen-bond acceptors (Lipinski definition) is 4. The molecule has 0 saturated carbocycles. The lowest BCUT2D eigenvalue weighted by atomic mass is 10.0. The molecule has 1 aromatic heterocycles. The second kappa shape index (κ2) is 7.64. The maximum atomic E-state index is 12.3. The zero-order valence-corrected chi connectivity index (χ0v) is 14.3. The topological polar surface area (TPSA) is 54.5 Å². The lowest BCUT2D eigenvalue weighted by molar-refractivity contribution is 0.0917. The molecule has 1 saturated heterocycles. The summed E-state index contributed by atoms with van der Waals surface area (Å²) in [6, 6.07) is 10.7. The molecule has 2 heterocycles. The highest BCUT2D eigenvalue weighted by molar-refractivity contribution is 6.30. The number of nitrogens with zero attached hydrogens (tertiary/aromatic N) is 2. The predicted octanol–water partition coefficient (Wildman–Crippen LogP) is 3.35. The van der Waals surface area contributed by atoms with Crippen LogP contribution < -0.4 is 10.1 Å². The highest BCUT2D eigenvalue weighted by Gasteiger charge is 2.19. The highest BCUT2D eigenvalue weighted by atomic mass is 35.5. The molecule has 1 fully saturated rings. The summed E-state index contributed by atoms with van der Waals surface area (Å²) in [6.07, 6.45) is 3.51. The third-order valence-corrected chi connectivity index (χ3v) is 4.32. The molecule has 5 nitrogen and oxygen atoms in total. The summed E-state index contributed by atoms with van der Waals surface area (Å²) in [7, 11) is 2.10. The molecule has 126 valence electrons. The summed E-state index contributed by atoms with van der Waals surface area (Å²) in [6.45, 7) is 2.04. The van der Waals surface area contributed by atoms with Gasteiger partial charge in [-0.3, -0.25) is 4.79 Å². The molecule has 1 aliphatic heterocycles. The molecule has 0 atom stereocenters. The van der Waals surface area contributed by atoms with Gasteiger partial charge in [0.1, 0.15) is 5.75 Å². The first-order valence-electron chi connectivity index (χ1n) is 7.99. The van der Waals surface area contributed by atoms with E-state index in [-0.39, 0.29) is 11.9 Å². The molecular formula is C18H20ClN3O2. The molecule has 1 aromatic carbocycles. The lowest BCUT2D eigenvalue weighted by Gasteiger charge is -2.29. The number of rotatable bonds is 4. The highest BCUT2D eigenvalue weighted by Crippen LogP contribution is 2.21. The Morgan fingerprint density at radius 2 is 1.92 bits per heavy atom.